The summed E-state index contributed by atoms with van der Waals surface area (Å²) in [5, 5.41) is 0. The summed E-state index contributed by atoms with van der Waals surface area (Å²) >= 11 is 0. The van der Waals surface area contributed by atoms with E-state index in [9.17, 15) is 26.3 Å². The monoisotopic (exact) mass is 166 g/mol. The van der Waals surface area contributed by atoms with Crippen LogP contribution in [-0.4, -0.2) is 6.29 Å². The minimum atomic E-state index is -2.91. The fourth-order valence-corrected chi connectivity index (χ4v) is 0. The van der Waals surface area contributed by atoms with E-state index in [0.29, 0.717) is 0 Å². The molecule has 0 aromatic heterocycles. The molecule has 0 saturated heterocycles. The van der Waals surface area contributed by atoms with E-state index in [1.807, 2.05) is 0 Å². The van der Waals surface area contributed by atoms with Gasteiger partial charge in [-0.3, -0.25) is 0 Å². The minimum absolute atomic E-state index is 2.83. The van der Waals surface area contributed by atoms with Gasteiger partial charge in [-0.2, -0.15) is 17.6 Å². The van der Waals surface area contributed by atoms with Gasteiger partial charge in [-0.25, -0.2) is 4.79 Å². The van der Waals surface area contributed by atoms with Gasteiger partial charge in [0.25, 0.3) is 0 Å². The highest BCUT2D eigenvalue weighted by atomic mass is 19.3. The van der Waals surface area contributed by atoms with Gasteiger partial charge < -0.3 is 0 Å². The molecule has 0 aromatic rings. The van der Waals surface area contributed by atoms with Crippen LogP contribution in [0.3, 0.4) is 0 Å². The third-order valence-electron chi connectivity index (χ3n) is 0.143. The predicted molar refractivity (Wildman–Crippen MR) is 19.1 cm³/mol. The Hall–Kier alpha value is -1.01. The van der Waals surface area contributed by atoms with Gasteiger partial charge in [0.2, 0.25) is 0 Å². The summed E-state index contributed by atoms with van der Waals surface area (Å²) in [4.78, 5) is 8.11. The third-order valence-corrected chi connectivity index (χ3v) is 0.143. The SMILES string of the molecule is FC(F)=C(F)F.O=C(F)F. The molecule has 10 heavy (non-hydrogen) atoms. The zero-order valence-electron chi connectivity index (χ0n) is 4.18. The Morgan fingerprint density at radius 2 is 0.800 bits per heavy atom. The number of carbonyl (C=O) groups excluding carboxylic acids is 1. The van der Waals surface area contributed by atoms with Crippen molar-refractivity contribution in [1.82, 2.24) is 0 Å². The van der Waals surface area contributed by atoms with Crippen LogP contribution < -0.4 is 0 Å². The lowest BCUT2D eigenvalue weighted by molar-refractivity contribution is 0.199. The van der Waals surface area contributed by atoms with E-state index in [0.717, 1.165) is 0 Å². The van der Waals surface area contributed by atoms with E-state index in [1.54, 1.807) is 0 Å². The molecule has 0 saturated carbocycles. The number of carbonyl (C=O) groups is 1. The molecule has 0 aromatic carbocycles. The number of halogens is 6. The van der Waals surface area contributed by atoms with Crippen molar-refractivity contribution in [2.75, 3.05) is 0 Å². The summed E-state index contributed by atoms with van der Waals surface area (Å²) in [6.07, 6.45) is -8.65. The van der Waals surface area contributed by atoms with Gasteiger partial charge in [0.15, 0.2) is 0 Å². The van der Waals surface area contributed by atoms with E-state index in [1.165, 1.54) is 0 Å². The molecule has 0 aliphatic carbocycles. The average Bonchev–Trinajstić information content (AvgIpc) is 1.63. The molecule has 0 bridgehead atoms. The van der Waals surface area contributed by atoms with Crippen molar-refractivity contribution in [3.63, 3.8) is 0 Å². The minimum Gasteiger partial charge on any atom is -0.219 e. The molecule has 7 heteroatoms. The highest BCUT2D eigenvalue weighted by Crippen LogP contribution is 2.08. The maximum atomic E-state index is 10.3. The molecule has 0 aliphatic rings. The summed E-state index contributed by atoms with van der Waals surface area (Å²) in [5.41, 5.74) is 0. The van der Waals surface area contributed by atoms with E-state index in [4.69, 9.17) is 4.79 Å². The molecule has 0 atom stereocenters. The average molecular weight is 166 g/mol. The van der Waals surface area contributed by atoms with Crippen molar-refractivity contribution >= 4 is 6.29 Å². The summed E-state index contributed by atoms with van der Waals surface area (Å²) in [6.45, 7) is 0. The second-order valence-electron chi connectivity index (χ2n) is 0.747. The van der Waals surface area contributed by atoms with Gasteiger partial charge in [0.05, 0.1) is 0 Å². The molecule has 60 valence electrons. The molecule has 0 spiro atoms. The van der Waals surface area contributed by atoms with Crippen molar-refractivity contribution in [3.05, 3.63) is 12.2 Å². The summed E-state index contributed by atoms with van der Waals surface area (Å²) < 4.78 is 60.5. The fourth-order valence-electron chi connectivity index (χ4n) is 0. The van der Waals surface area contributed by atoms with Crippen LogP contribution in [0.5, 0.6) is 0 Å². The molecular weight excluding hydrogens is 166 g/mol. The van der Waals surface area contributed by atoms with E-state index < -0.39 is 18.5 Å². The van der Waals surface area contributed by atoms with Crippen molar-refractivity contribution in [2.24, 2.45) is 0 Å². The van der Waals surface area contributed by atoms with Crippen LogP contribution in [0.4, 0.5) is 31.1 Å². The first kappa shape index (κ1) is 11.7. The van der Waals surface area contributed by atoms with Crippen LogP contribution in [0.25, 0.3) is 0 Å². The van der Waals surface area contributed by atoms with Gasteiger partial charge in [0, 0.05) is 0 Å². The number of hydrogen-bond acceptors (Lipinski definition) is 1. The highest BCUT2D eigenvalue weighted by molar-refractivity contribution is 5.55. The maximum Gasteiger partial charge on any atom is 0.483 e. The smallest absolute Gasteiger partial charge is 0.219 e. The van der Waals surface area contributed by atoms with Crippen LogP contribution in [0.2, 0.25) is 0 Å². The largest absolute Gasteiger partial charge is 0.483 e. The predicted octanol–water partition coefficient (Wildman–Crippen LogP) is 3.04. The van der Waals surface area contributed by atoms with Crippen LogP contribution in [0.1, 0.15) is 0 Å². The Balaban J connectivity index is 0. The molecule has 0 N–H and O–H groups in total. The zero-order chi connectivity index (χ0) is 8.73. The molecule has 0 radical (unpaired) electrons. The molecule has 0 heterocycles. The van der Waals surface area contributed by atoms with E-state index in [2.05, 4.69) is 0 Å². The highest BCUT2D eigenvalue weighted by Gasteiger charge is 1.98. The van der Waals surface area contributed by atoms with Crippen LogP contribution in [-0.2, 0) is 0 Å². The van der Waals surface area contributed by atoms with Crippen molar-refractivity contribution in [3.8, 4) is 0 Å². The first-order chi connectivity index (χ1) is 4.37. The zero-order valence-corrected chi connectivity index (χ0v) is 4.18. The summed E-state index contributed by atoms with van der Waals surface area (Å²) in [6, 6.07) is 0. The van der Waals surface area contributed by atoms with Crippen LogP contribution in [0.15, 0.2) is 12.2 Å². The fraction of sp³-hybridized carbons (Fsp3) is 0. The number of rotatable bonds is 0. The molecule has 0 unspecified atom stereocenters. The Bertz CT molecular complexity index is 118. The first-order valence-corrected chi connectivity index (χ1v) is 1.59. The lowest BCUT2D eigenvalue weighted by Gasteiger charge is -1.69. The molecular formula is C3F6O. The molecule has 0 fully saturated rings. The Morgan fingerprint density at radius 1 is 0.700 bits per heavy atom. The standard InChI is InChI=1S/C2F4.CF2O/c3-1(4)2(5)6;2-1(3)4. The van der Waals surface area contributed by atoms with Gasteiger partial charge in [0.1, 0.15) is 0 Å². The second-order valence-corrected chi connectivity index (χ2v) is 0.747. The normalized spacial score (nSPS) is 7.40. The Morgan fingerprint density at radius 3 is 0.800 bits per heavy atom. The number of hydrogen-bond donors (Lipinski definition) is 0. The van der Waals surface area contributed by atoms with Crippen molar-refractivity contribution in [1.29, 1.82) is 0 Å². The molecule has 0 aliphatic heterocycles. The van der Waals surface area contributed by atoms with Crippen molar-refractivity contribution < 1.29 is 31.1 Å². The topological polar surface area (TPSA) is 17.1 Å². The Labute approximate surface area is 50.9 Å². The lowest BCUT2D eigenvalue weighted by Crippen LogP contribution is -1.56. The van der Waals surface area contributed by atoms with E-state index in [-0.39, 0.29) is 0 Å². The quantitative estimate of drug-likeness (QED) is 0.399. The van der Waals surface area contributed by atoms with Gasteiger partial charge in [-0.05, 0) is 0 Å². The first-order valence-electron chi connectivity index (χ1n) is 1.59. The maximum absolute atomic E-state index is 10.3. The van der Waals surface area contributed by atoms with Gasteiger partial charge in [-0.1, -0.05) is 0 Å². The Kier molecular flexibility index (Phi) is 7.18. The summed E-state index contributed by atoms with van der Waals surface area (Å²) in [5.74, 6) is 0. The van der Waals surface area contributed by atoms with Crippen LogP contribution >= 0.6 is 0 Å². The lowest BCUT2D eigenvalue weighted by atomic mass is 11.1. The third kappa shape index (κ3) is 28.1. The molecule has 1 nitrogen and oxygen atoms in total. The van der Waals surface area contributed by atoms with Gasteiger partial charge >= 0.3 is 18.5 Å². The molecule has 0 rings (SSSR count). The van der Waals surface area contributed by atoms with Gasteiger partial charge in [-0.15, -0.1) is 8.78 Å². The van der Waals surface area contributed by atoms with Crippen LogP contribution in [0, 0.1) is 0 Å². The van der Waals surface area contributed by atoms with Crippen molar-refractivity contribution in [2.45, 2.75) is 0 Å². The molecule has 0 amide bonds. The van der Waals surface area contributed by atoms with E-state index >= 15 is 0 Å². The second kappa shape index (κ2) is 6.12. The summed E-state index contributed by atoms with van der Waals surface area (Å²) in [7, 11) is 0.